The lowest BCUT2D eigenvalue weighted by atomic mass is 9.72. The van der Waals surface area contributed by atoms with Gasteiger partial charge in [0.15, 0.2) is 0 Å². The molecule has 1 aromatic rings. The predicted molar refractivity (Wildman–Crippen MR) is 49.5 cm³/mol. The molecule has 0 aliphatic heterocycles. The molecule has 2 rings (SSSR count). The SMILES string of the molecule is COCc1ccc(C2(N)CC(F)(F)C2)o1. The molecule has 0 aromatic carbocycles. The highest BCUT2D eigenvalue weighted by molar-refractivity contribution is 5.21. The van der Waals surface area contributed by atoms with E-state index in [0.29, 0.717) is 18.1 Å². The lowest BCUT2D eigenvalue weighted by molar-refractivity contribution is -0.130. The van der Waals surface area contributed by atoms with Crippen LogP contribution in [0.5, 0.6) is 0 Å². The van der Waals surface area contributed by atoms with Crippen molar-refractivity contribution in [3.8, 4) is 0 Å². The number of hydrogen-bond donors (Lipinski definition) is 1. The van der Waals surface area contributed by atoms with E-state index in [1.54, 1.807) is 12.1 Å². The maximum atomic E-state index is 12.7. The zero-order chi connectivity index (χ0) is 11.1. The fourth-order valence-electron chi connectivity index (χ4n) is 1.91. The van der Waals surface area contributed by atoms with Gasteiger partial charge in [0.2, 0.25) is 0 Å². The zero-order valence-electron chi connectivity index (χ0n) is 8.43. The third-order valence-corrected chi connectivity index (χ3v) is 2.59. The molecule has 1 saturated carbocycles. The lowest BCUT2D eigenvalue weighted by Crippen LogP contribution is -2.55. The van der Waals surface area contributed by atoms with E-state index in [4.69, 9.17) is 14.9 Å². The highest BCUT2D eigenvalue weighted by Crippen LogP contribution is 2.50. The number of hydrogen-bond acceptors (Lipinski definition) is 3. The van der Waals surface area contributed by atoms with Crippen LogP contribution in [0.1, 0.15) is 24.4 Å². The Hall–Kier alpha value is -0.940. The molecule has 0 amide bonds. The lowest BCUT2D eigenvalue weighted by Gasteiger charge is -2.42. The molecule has 0 saturated heterocycles. The van der Waals surface area contributed by atoms with E-state index in [2.05, 4.69) is 0 Å². The molecule has 1 heterocycles. The largest absolute Gasteiger partial charge is 0.462 e. The van der Waals surface area contributed by atoms with Crippen molar-refractivity contribution in [1.29, 1.82) is 0 Å². The Labute approximate surface area is 86.2 Å². The minimum absolute atomic E-state index is 0.326. The third-order valence-electron chi connectivity index (χ3n) is 2.59. The summed E-state index contributed by atoms with van der Waals surface area (Å²) in [5, 5.41) is 0. The number of halogens is 2. The fourth-order valence-corrected chi connectivity index (χ4v) is 1.91. The van der Waals surface area contributed by atoms with Gasteiger partial charge in [-0.15, -0.1) is 0 Å². The van der Waals surface area contributed by atoms with Crippen LogP contribution in [0.3, 0.4) is 0 Å². The summed E-state index contributed by atoms with van der Waals surface area (Å²) < 4.78 is 35.7. The molecule has 0 spiro atoms. The Morgan fingerprint density at radius 2 is 2.13 bits per heavy atom. The second kappa shape index (κ2) is 3.28. The monoisotopic (exact) mass is 217 g/mol. The van der Waals surface area contributed by atoms with Gasteiger partial charge in [-0.05, 0) is 12.1 Å². The summed E-state index contributed by atoms with van der Waals surface area (Å²) in [5.74, 6) is -1.63. The van der Waals surface area contributed by atoms with Gasteiger partial charge in [0.25, 0.3) is 5.92 Å². The van der Waals surface area contributed by atoms with Crippen LogP contribution in [0.2, 0.25) is 0 Å². The van der Waals surface area contributed by atoms with Gasteiger partial charge < -0.3 is 14.9 Å². The van der Waals surface area contributed by atoms with Gasteiger partial charge in [-0.3, -0.25) is 0 Å². The first kappa shape index (κ1) is 10.6. The van der Waals surface area contributed by atoms with E-state index in [1.807, 2.05) is 0 Å². The number of nitrogens with two attached hydrogens (primary N) is 1. The van der Waals surface area contributed by atoms with Crippen molar-refractivity contribution >= 4 is 0 Å². The minimum atomic E-state index is -2.65. The summed E-state index contributed by atoms with van der Waals surface area (Å²) in [4.78, 5) is 0. The molecular formula is C10H13F2NO2. The van der Waals surface area contributed by atoms with E-state index in [1.165, 1.54) is 7.11 Å². The molecule has 1 aromatic heterocycles. The maximum absolute atomic E-state index is 12.7. The molecule has 0 radical (unpaired) electrons. The predicted octanol–water partition coefficient (Wildman–Crippen LogP) is 2.01. The molecule has 84 valence electrons. The van der Waals surface area contributed by atoms with Crippen molar-refractivity contribution < 1.29 is 17.9 Å². The van der Waals surface area contributed by atoms with Crippen LogP contribution in [0, 0.1) is 0 Å². The van der Waals surface area contributed by atoms with Gasteiger partial charge in [-0.25, -0.2) is 8.78 Å². The van der Waals surface area contributed by atoms with E-state index in [-0.39, 0.29) is 12.8 Å². The number of alkyl halides is 2. The maximum Gasteiger partial charge on any atom is 0.252 e. The standard InChI is InChI=1S/C10H13F2NO2/c1-14-4-7-2-3-8(15-7)9(13)5-10(11,12)6-9/h2-3H,4-6,13H2,1H3. The first-order chi connectivity index (χ1) is 6.95. The first-order valence-electron chi connectivity index (χ1n) is 4.70. The molecule has 15 heavy (non-hydrogen) atoms. The van der Waals surface area contributed by atoms with Crippen LogP contribution in [0.4, 0.5) is 8.78 Å². The van der Waals surface area contributed by atoms with Crippen LogP contribution in [-0.4, -0.2) is 13.0 Å². The van der Waals surface area contributed by atoms with E-state index >= 15 is 0 Å². The second-order valence-electron chi connectivity index (χ2n) is 4.06. The molecular weight excluding hydrogens is 204 g/mol. The number of ether oxygens (including phenoxy) is 1. The molecule has 1 aliphatic rings. The summed E-state index contributed by atoms with van der Waals surface area (Å²) >= 11 is 0. The van der Waals surface area contributed by atoms with Crippen molar-refractivity contribution in [2.45, 2.75) is 30.9 Å². The molecule has 3 nitrogen and oxygen atoms in total. The summed E-state index contributed by atoms with van der Waals surface area (Å²) in [7, 11) is 1.54. The Morgan fingerprint density at radius 1 is 1.47 bits per heavy atom. The van der Waals surface area contributed by atoms with Gasteiger partial charge in [0, 0.05) is 20.0 Å². The van der Waals surface area contributed by atoms with Crippen molar-refractivity contribution in [2.24, 2.45) is 5.73 Å². The average molecular weight is 217 g/mol. The molecule has 2 N–H and O–H groups in total. The van der Waals surface area contributed by atoms with Crippen LogP contribution in [-0.2, 0) is 16.9 Å². The molecule has 5 heteroatoms. The van der Waals surface area contributed by atoms with Crippen LogP contribution < -0.4 is 5.73 Å². The highest BCUT2D eigenvalue weighted by Gasteiger charge is 2.56. The minimum Gasteiger partial charge on any atom is -0.462 e. The summed E-state index contributed by atoms with van der Waals surface area (Å²) in [6.45, 7) is 0.326. The average Bonchev–Trinajstić information content (AvgIpc) is 2.50. The smallest absolute Gasteiger partial charge is 0.252 e. The van der Waals surface area contributed by atoms with Gasteiger partial charge in [0.1, 0.15) is 18.1 Å². The number of rotatable bonds is 3. The van der Waals surface area contributed by atoms with Gasteiger partial charge in [-0.1, -0.05) is 0 Å². The normalized spacial score (nSPS) is 22.4. The number of methoxy groups -OCH3 is 1. The van der Waals surface area contributed by atoms with Crippen LogP contribution >= 0.6 is 0 Å². The van der Waals surface area contributed by atoms with Gasteiger partial charge >= 0.3 is 0 Å². The first-order valence-corrected chi connectivity index (χ1v) is 4.70. The molecule has 1 fully saturated rings. The van der Waals surface area contributed by atoms with E-state index in [9.17, 15) is 8.78 Å². The Kier molecular flexibility index (Phi) is 2.31. The summed E-state index contributed by atoms with van der Waals surface area (Å²) in [6, 6.07) is 3.34. The van der Waals surface area contributed by atoms with Crippen LogP contribution in [0.25, 0.3) is 0 Å². The Balaban J connectivity index is 2.10. The summed E-state index contributed by atoms with van der Waals surface area (Å²) in [6.07, 6.45) is -0.695. The van der Waals surface area contributed by atoms with E-state index in [0.717, 1.165) is 0 Å². The van der Waals surface area contributed by atoms with Crippen molar-refractivity contribution in [1.82, 2.24) is 0 Å². The quantitative estimate of drug-likeness (QED) is 0.842. The Bertz CT molecular complexity index is 354. The second-order valence-corrected chi connectivity index (χ2v) is 4.06. The topological polar surface area (TPSA) is 48.4 Å². The zero-order valence-corrected chi connectivity index (χ0v) is 8.43. The van der Waals surface area contributed by atoms with Crippen molar-refractivity contribution in [2.75, 3.05) is 7.11 Å². The molecule has 1 aliphatic carbocycles. The fraction of sp³-hybridized carbons (Fsp3) is 0.600. The molecule has 0 unspecified atom stereocenters. The van der Waals surface area contributed by atoms with Crippen molar-refractivity contribution in [3.05, 3.63) is 23.7 Å². The Morgan fingerprint density at radius 3 is 2.67 bits per heavy atom. The van der Waals surface area contributed by atoms with Gasteiger partial charge in [0.05, 0.1) is 5.54 Å². The van der Waals surface area contributed by atoms with Crippen molar-refractivity contribution in [3.63, 3.8) is 0 Å². The third kappa shape index (κ3) is 1.89. The van der Waals surface area contributed by atoms with Gasteiger partial charge in [-0.2, -0.15) is 0 Å². The van der Waals surface area contributed by atoms with Crippen LogP contribution in [0.15, 0.2) is 16.5 Å². The number of furan rings is 1. The molecule has 0 atom stereocenters. The molecule has 0 bridgehead atoms. The van der Waals surface area contributed by atoms with E-state index < -0.39 is 11.5 Å². The summed E-state index contributed by atoms with van der Waals surface area (Å²) in [5.41, 5.74) is 4.79. The highest BCUT2D eigenvalue weighted by atomic mass is 19.3.